The van der Waals surface area contributed by atoms with E-state index in [0.29, 0.717) is 0 Å². The first kappa shape index (κ1) is 15.8. The SMILES string of the molecule is Cc1cccc2cnc(-c3cc(C(C)(C)C)c4ccccc4c3)nc12. The lowest BCUT2D eigenvalue weighted by Gasteiger charge is -2.22. The second-order valence-electron chi connectivity index (χ2n) is 7.70. The topological polar surface area (TPSA) is 25.8 Å². The van der Waals surface area contributed by atoms with Crippen LogP contribution >= 0.6 is 0 Å². The number of hydrogen-bond donors (Lipinski definition) is 0. The van der Waals surface area contributed by atoms with Gasteiger partial charge in [0.05, 0.1) is 5.52 Å². The first-order valence-electron chi connectivity index (χ1n) is 8.69. The summed E-state index contributed by atoms with van der Waals surface area (Å²) >= 11 is 0. The van der Waals surface area contributed by atoms with E-state index in [-0.39, 0.29) is 5.41 Å². The van der Waals surface area contributed by atoms with Crippen LogP contribution in [0.4, 0.5) is 0 Å². The molecule has 0 atom stereocenters. The Morgan fingerprint density at radius 2 is 1.60 bits per heavy atom. The van der Waals surface area contributed by atoms with Crippen LogP contribution < -0.4 is 0 Å². The number of benzene rings is 3. The fourth-order valence-corrected chi connectivity index (χ4v) is 3.40. The molecule has 0 aliphatic carbocycles. The molecular formula is C23H22N2. The van der Waals surface area contributed by atoms with E-state index in [0.717, 1.165) is 22.3 Å². The maximum atomic E-state index is 4.86. The Kier molecular flexibility index (Phi) is 3.57. The van der Waals surface area contributed by atoms with Crippen LogP contribution in [0.15, 0.2) is 60.8 Å². The largest absolute Gasteiger partial charge is 0.236 e. The lowest BCUT2D eigenvalue weighted by molar-refractivity contribution is 0.596. The summed E-state index contributed by atoms with van der Waals surface area (Å²) in [6.07, 6.45) is 1.93. The molecule has 1 heterocycles. The Bertz CT molecular complexity index is 1090. The average Bonchev–Trinajstić information content (AvgIpc) is 2.60. The molecule has 0 spiro atoms. The van der Waals surface area contributed by atoms with Gasteiger partial charge in [-0.25, -0.2) is 9.97 Å². The summed E-state index contributed by atoms with van der Waals surface area (Å²) in [4.78, 5) is 9.50. The number of rotatable bonds is 1. The highest BCUT2D eigenvalue weighted by Crippen LogP contribution is 2.34. The van der Waals surface area contributed by atoms with E-state index in [1.165, 1.54) is 21.9 Å². The number of nitrogens with zero attached hydrogens (tertiary/aromatic N) is 2. The Labute approximate surface area is 148 Å². The number of aryl methyl sites for hydroxylation is 1. The molecule has 0 bridgehead atoms. The summed E-state index contributed by atoms with van der Waals surface area (Å²) < 4.78 is 0. The molecule has 1 aromatic heterocycles. The second-order valence-corrected chi connectivity index (χ2v) is 7.70. The van der Waals surface area contributed by atoms with Crippen molar-refractivity contribution in [3.8, 4) is 11.4 Å². The third-order valence-corrected chi connectivity index (χ3v) is 4.74. The predicted molar refractivity (Wildman–Crippen MR) is 106 cm³/mol. The summed E-state index contributed by atoms with van der Waals surface area (Å²) in [5, 5.41) is 3.62. The minimum absolute atomic E-state index is 0.0579. The van der Waals surface area contributed by atoms with Crippen LogP contribution in [0, 0.1) is 6.92 Å². The highest BCUT2D eigenvalue weighted by molar-refractivity contribution is 5.91. The van der Waals surface area contributed by atoms with Crippen molar-refractivity contribution in [2.45, 2.75) is 33.1 Å². The van der Waals surface area contributed by atoms with Crippen molar-refractivity contribution in [2.75, 3.05) is 0 Å². The fourth-order valence-electron chi connectivity index (χ4n) is 3.40. The van der Waals surface area contributed by atoms with Gasteiger partial charge < -0.3 is 0 Å². The zero-order chi connectivity index (χ0) is 17.6. The van der Waals surface area contributed by atoms with Crippen LogP contribution in [0.25, 0.3) is 33.1 Å². The molecule has 0 radical (unpaired) electrons. The molecule has 0 aliphatic rings. The van der Waals surface area contributed by atoms with E-state index in [4.69, 9.17) is 4.98 Å². The van der Waals surface area contributed by atoms with E-state index in [1.54, 1.807) is 0 Å². The van der Waals surface area contributed by atoms with Gasteiger partial charge in [-0.3, -0.25) is 0 Å². The van der Waals surface area contributed by atoms with Gasteiger partial charge in [0.2, 0.25) is 0 Å². The zero-order valence-corrected chi connectivity index (χ0v) is 15.2. The van der Waals surface area contributed by atoms with Crippen LogP contribution in [0.2, 0.25) is 0 Å². The van der Waals surface area contributed by atoms with Gasteiger partial charge in [-0.05, 0) is 46.4 Å². The van der Waals surface area contributed by atoms with Crippen molar-refractivity contribution in [3.63, 3.8) is 0 Å². The predicted octanol–water partition coefficient (Wildman–Crippen LogP) is 6.06. The van der Waals surface area contributed by atoms with Gasteiger partial charge in [0, 0.05) is 17.1 Å². The van der Waals surface area contributed by atoms with Crippen LogP contribution in [0.5, 0.6) is 0 Å². The number of aromatic nitrogens is 2. The second kappa shape index (κ2) is 5.66. The molecule has 2 heteroatoms. The van der Waals surface area contributed by atoms with E-state index < -0.39 is 0 Å². The fraction of sp³-hybridized carbons (Fsp3) is 0.217. The molecule has 0 saturated heterocycles. The summed E-state index contributed by atoms with van der Waals surface area (Å²) in [6, 6.07) is 19.2. The third kappa shape index (κ3) is 2.78. The van der Waals surface area contributed by atoms with Gasteiger partial charge in [0.1, 0.15) is 0 Å². The van der Waals surface area contributed by atoms with Gasteiger partial charge in [-0.2, -0.15) is 0 Å². The molecule has 124 valence electrons. The molecule has 2 nitrogen and oxygen atoms in total. The molecule has 0 unspecified atom stereocenters. The van der Waals surface area contributed by atoms with Crippen molar-refractivity contribution in [1.82, 2.24) is 9.97 Å². The summed E-state index contributed by atoms with van der Waals surface area (Å²) in [6.45, 7) is 8.86. The molecule has 3 aromatic carbocycles. The maximum Gasteiger partial charge on any atom is 0.159 e. The molecular weight excluding hydrogens is 304 g/mol. The maximum absolute atomic E-state index is 4.86. The van der Waals surface area contributed by atoms with Crippen molar-refractivity contribution >= 4 is 21.7 Å². The van der Waals surface area contributed by atoms with Crippen LogP contribution in [0.3, 0.4) is 0 Å². The summed E-state index contributed by atoms with van der Waals surface area (Å²) in [5.74, 6) is 0.790. The number of fused-ring (bicyclic) bond motifs is 2. The molecule has 0 fully saturated rings. The number of para-hydroxylation sites is 1. The van der Waals surface area contributed by atoms with Gasteiger partial charge in [-0.1, -0.05) is 63.2 Å². The minimum Gasteiger partial charge on any atom is -0.236 e. The Balaban J connectivity index is 2.00. The normalized spacial score (nSPS) is 12.0. The van der Waals surface area contributed by atoms with Crippen molar-refractivity contribution < 1.29 is 0 Å². The van der Waals surface area contributed by atoms with E-state index in [2.05, 4.69) is 87.3 Å². The monoisotopic (exact) mass is 326 g/mol. The molecule has 4 rings (SSSR count). The third-order valence-electron chi connectivity index (χ3n) is 4.74. The van der Waals surface area contributed by atoms with Gasteiger partial charge in [0.25, 0.3) is 0 Å². The highest BCUT2D eigenvalue weighted by Gasteiger charge is 2.19. The van der Waals surface area contributed by atoms with Crippen molar-refractivity contribution in [1.29, 1.82) is 0 Å². The Morgan fingerprint density at radius 1 is 0.840 bits per heavy atom. The zero-order valence-electron chi connectivity index (χ0n) is 15.2. The first-order valence-corrected chi connectivity index (χ1v) is 8.69. The quantitative estimate of drug-likeness (QED) is 0.425. The smallest absolute Gasteiger partial charge is 0.159 e. The summed E-state index contributed by atoms with van der Waals surface area (Å²) in [7, 11) is 0. The Morgan fingerprint density at radius 3 is 2.40 bits per heavy atom. The van der Waals surface area contributed by atoms with Crippen molar-refractivity contribution in [3.05, 3.63) is 71.9 Å². The molecule has 0 aliphatic heterocycles. The van der Waals surface area contributed by atoms with Gasteiger partial charge >= 0.3 is 0 Å². The molecule has 0 N–H and O–H groups in total. The van der Waals surface area contributed by atoms with Crippen LogP contribution in [-0.2, 0) is 5.41 Å². The summed E-state index contributed by atoms with van der Waals surface area (Å²) in [5.41, 5.74) is 4.67. The highest BCUT2D eigenvalue weighted by atomic mass is 14.9. The number of hydrogen-bond acceptors (Lipinski definition) is 2. The standard InChI is InChI=1S/C23H22N2/c1-15-8-7-10-17-14-24-22(25-21(15)17)18-12-16-9-5-6-11-19(16)20(13-18)23(2,3)4/h5-14H,1-4H3. The van der Waals surface area contributed by atoms with Crippen LogP contribution in [0.1, 0.15) is 31.9 Å². The molecule has 0 saturated carbocycles. The first-order chi connectivity index (χ1) is 11.9. The molecule has 0 amide bonds. The van der Waals surface area contributed by atoms with Gasteiger partial charge in [-0.15, -0.1) is 0 Å². The molecule has 25 heavy (non-hydrogen) atoms. The van der Waals surface area contributed by atoms with Crippen LogP contribution in [-0.4, -0.2) is 9.97 Å². The minimum atomic E-state index is 0.0579. The molecule has 4 aromatic rings. The lowest BCUT2D eigenvalue weighted by Crippen LogP contribution is -2.12. The van der Waals surface area contributed by atoms with Gasteiger partial charge in [0.15, 0.2) is 5.82 Å². The van der Waals surface area contributed by atoms with E-state index >= 15 is 0 Å². The Hall–Kier alpha value is -2.74. The van der Waals surface area contributed by atoms with Crippen molar-refractivity contribution in [2.24, 2.45) is 0 Å². The van der Waals surface area contributed by atoms with E-state index in [9.17, 15) is 0 Å². The lowest BCUT2D eigenvalue weighted by atomic mass is 9.82. The van der Waals surface area contributed by atoms with E-state index in [1.807, 2.05) is 6.20 Å². The average molecular weight is 326 g/mol.